The highest BCUT2D eigenvalue weighted by atomic mass is 19.3. The smallest absolute Gasteiger partial charge is 0.263 e. The molecule has 0 radical (unpaired) electrons. The van der Waals surface area contributed by atoms with E-state index in [1.165, 1.54) is 6.07 Å². The number of hydrogen-bond acceptors (Lipinski definition) is 1. The van der Waals surface area contributed by atoms with Crippen LogP contribution in [0.3, 0.4) is 0 Å². The minimum atomic E-state index is -2.53. The van der Waals surface area contributed by atoms with Gasteiger partial charge in [0.05, 0.1) is 0 Å². The van der Waals surface area contributed by atoms with Crippen LogP contribution in [0.4, 0.5) is 13.2 Å². The average Bonchev–Trinajstić information content (AvgIpc) is 2.71. The van der Waals surface area contributed by atoms with Crippen LogP contribution in [0.1, 0.15) is 29.9 Å². The largest absolute Gasteiger partial charge is 0.316 e. The van der Waals surface area contributed by atoms with E-state index in [4.69, 9.17) is 0 Å². The van der Waals surface area contributed by atoms with Gasteiger partial charge in [0.2, 0.25) is 0 Å². The van der Waals surface area contributed by atoms with Crippen LogP contribution < -0.4 is 5.32 Å². The number of hydrogen-bond donors (Lipinski definition) is 1. The van der Waals surface area contributed by atoms with Gasteiger partial charge < -0.3 is 5.32 Å². The summed E-state index contributed by atoms with van der Waals surface area (Å²) in [4.78, 5) is 0. The second kappa shape index (κ2) is 4.23. The van der Waals surface area contributed by atoms with Gasteiger partial charge in [-0.2, -0.15) is 0 Å². The monoisotopic (exact) mass is 215 g/mol. The molecule has 0 aromatic heterocycles. The molecule has 1 unspecified atom stereocenters. The van der Waals surface area contributed by atoms with E-state index < -0.39 is 6.43 Å². The number of halogens is 3. The first-order chi connectivity index (χ1) is 7.18. The molecule has 1 heterocycles. The minimum absolute atomic E-state index is 0.0312. The van der Waals surface area contributed by atoms with Crippen molar-refractivity contribution in [1.29, 1.82) is 0 Å². The van der Waals surface area contributed by atoms with Crippen molar-refractivity contribution in [2.45, 2.75) is 18.8 Å². The van der Waals surface area contributed by atoms with Crippen LogP contribution in [0.2, 0.25) is 0 Å². The van der Waals surface area contributed by atoms with E-state index in [9.17, 15) is 13.2 Å². The fourth-order valence-electron chi connectivity index (χ4n) is 1.93. The molecule has 1 fully saturated rings. The van der Waals surface area contributed by atoms with Gasteiger partial charge in [0, 0.05) is 18.0 Å². The van der Waals surface area contributed by atoms with E-state index in [1.54, 1.807) is 0 Å². The van der Waals surface area contributed by atoms with Gasteiger partial charge in [-0.25, -0.2) is 13.2 Å². The second-order valence-electron chi connectivity index (χ2n) is 3.77. The van der Waals surface area contributed by atoms with Gasteiger partial charge >= 0.3 is 0 Å². The maximum Gasteiger partial charge on any atom is 0.263 e. The molecule has 0 saturated carbocycles. The molecule has 15 heavy (non-hydrogen) atoms. The molecule has 1 aromatic carbocycles. The zero-order valence-electron chi connectivity index (χ0n) is 8.14. The van der Waals surface area contributed by atoms with Crippen molar-refractivity contribution in [2.75, 3.05) is 13.1 Å². The van der Waals surface area contributed by atoms with E-state index in [0.717, 1.165) is 25.1 Å². The first kappa shape index (κ1) is 10.5. The molecule has 82 valence electrons. The predicted molar refractivity (Wildman–Crippen MR) is 51.6 cm³/mol. The molecule has 0 aliphatic carbocycles. The second-order valence-corrected chi connectivity index (χ2v) is 3.77. The lowest BCUT2D eigenvalue weighted by atomic mass is 9.96. The summed E-state index contributed by atoms with van der Waals surface area (Å²) in [7, 11) is 0. The molecule has 4 heteroatoms. The summed E-state index contributed by atoms with van der Waals surface area (Å²) in [6.07, 6.45) is -1.72. The Labute approximate surface area is 86.3 Å². The van der Waals surface area contributed by atoms with Crippen molar-refractivity contribution in [3.8, 4) is 0 Å². The zero-order valence-corrected chi connectivity index (χ0v) is 8.14. The standard InChI is InChI=1S/C11H12F3N/c12-10-2-1-7(11(13)14)5-9(10)8-3-4-15-6-8/h1-2,5,8,11,15H,3-4,6H2. The maximum absolute atomic E-state index is 13.4. The van der Waals surface area contributed by atoms with Gasteiger partial charge in [-0.05, 0) is 30.7 Å². The molecular weight excluding hydrogens is 203 g/mol. The summed E-state index contributed by atoms with van der Waals surface area (Å²) in [5.74, 6) is -0.350. The number of nitrogens with one attached hydrogen (secondary N) is 1. The summed E-state index contributed by atoms with van der Waals surface area (Å²) in [5.41, 5.74) is 0.316. The molecule has 1 aliphatic rings. The fraction of sp³-hybridized carbons (Fsp3) is 0.455. The first-order valence-corrected chi connectivity index (χ1v) is 4.96. The van der Waals surface area contributed by atoms with Crippen molar-refractivity contribution in [1.82, 2.24) is 5.32 Å². The summed E-state index contributed by atoms with van der Waals surface area (Å²) in [6, 6.07) is 3.57. The highest BCUT2D eigenvalue weighted by Crippen LogP contribution is 2.28. The average molecular weight is 215 g/mol. The van der Waals surface area contributed by atoms with Gasteiger partial charge in [0.15, 0.2) is 0 Å². The molecule has 2 rings (SSSR count). The highest BCUT2D eigenvalue weighted by molar-refractivity contribution is 5.29. The SMILES string of the molecule is Fc1ccc(C(F)F)cc1C1CCNC1. The Morgan fingerprint density at radius 3 is 2.73 bits per heavy atom. The molecule has 1 aromatic rings. The Bertz CT molecular complexity index is 346. The van der Waals surface area contributed by atoms with Gasteiger partial charge in [0.25, 0.3) is 6.43 Å². The molecule has 1 nitrogen and oxygen atoms in total. The van der Waals surface area contributed by atoms with Crippen molar-refractivity contribution in [2.24, 2.45) is 0 Å². The molecule has 1 aliphatic heterocycles. The van der Waals surface area contributed by atoms with Crippen molar-refractivity contribution in [3.05, 3.63) is 35.1 Å². The van der Waals surface area contributed by atoms with E-state index >= 15 is 0 Å². The molecule has 0 amide bonds. The van der Waals surface area contributed by atoms with E-state index in [2.05, 4.69) is 5.32 Å². The Kier molecular flexibility index (Phi) is 2.95. The van der Waals surface area contributed by atoms with Gasteiger partial charge in [-0.1, -0.05) is 6.07 Å². The number of alkyl halides is 2. The first-order valence-electron chi connectivity index (χ1n) is 4.96. The minimum Gasteiger partial charge on any atom is -0.316 e. The van der Waals surface area contributed by atoms with Crippen LogP contribution in [-0.4, -0.2) is 13.1 Å². The van der Waals surface area contributed by atoms with Gasteiger partial charge in [0.1, 0.15) is 5.82 Å². The molecular formula is C11H12F3N. The molecule has 1 atom stereocenters. The van der Waals surface area contributed by atoms with Crippen LogP contribution in [0, 0.1) is 5.82 Å². The van der Waals surface area contributed by atoms with E-state index in [-0.39, 0.29) is 17.3 Å². The third-order valence-corrected chi connectivity index (χ3v) is 2.77. The number of rotatable bonds is 2. The van der Waals surface area contributed by atoms with E-state index in [1.807, 2.05) is 0 Å². The van der Waals surface area contributed by atoms with Gasteiger partial charge in [-0.15, -0.1) is 0 Å². The molecule has 0 bridgehead atoms. The zero-order chi connectivity index (χ0) is 10.8. The van der Waals surface area contributed by atoms with Crippen molar-refractivity contribution < 1.29 is 13.2 Å². The maximum atomic E-state index is 13.4. The summed E-state index contributed by atoms with van der Waals surface area (Å²) < 4.78 is 38.3. The van der Waals surface area contributed by atoms with Crippen LogP contribution in [-0.2, 0) is 0 Å². The lowest BCUT2D eigenvalue weighted by Crippen LogP contribution is -2.09. The Morgan fingerprint density at radius 2 is 2.13 bits per heavy atom. The third-order valence-electron chi connectivity index (χ3n) is 2.77. The van der Waals surface area contributed by atoms with Gasteiger partial charge in [-0.3, -0.25) is 0 Å². The Balaban J connectivity index is 2.31. The van der Waals surface area contributed by atoms with Crippen LogP contribution in [0.25, 0.3) is 0 Å². The quantitative estimate of drug-likeness (QED) is 0.799. The van der Waals surface area contributed by atoms with Crippen LogP contribution in [0.15, 0.2) is 18.2 Å². The molecule has 1 saturated heterocycles. The third kappa shape index (κ3) is 2.15. The lowest BCUT2D eigenvalue weighted by Gasteiger charge is -2.11. The van der Waals surface area contributed by atoms with Crippen molar-refractivity contribution in [3.63, 3.8) is 0 Å². The molecule has 1 N–H and O–H groups in total. The highest BCUT2D eigenvalue weighted by Gasteiger charge is 2.21. The Hall–Kier alpha value is -1.03. The summed E-state index contributed by atoms with van der Waals surface area (Å²) in [6.45, 7) is 1.49. The van der Waals surface area contributed by atoms with Crippen LogP contribution in [0.5, 0.6) is 0 Å². The lowest BCUT2D eigenvalue weighted by molar-refractivity contribution is 0.151. The van der Waals surface area contributed by atoms with Crippen LogP contribution >= 0.6 is 0 Å². The topological polar surface area (TPSA) is 12.0 Å². The van der Waals surface area contributed by atoms with Crippen molar-refractivity contribution >= 4 is 0 Å². The molecule has 0 spiro atoms. The summed E-state index contributed by atoms with van der Waals surface area (Å²) >= 11 is 0. The fourth-order valence-corrected chi connectivity index (χ4v) is 1.93. The number of benzene rings is 1. The summed E-state index contributed by atoms with van der Waals surface area (Å²) in [5, 5.41) is 3.09. The van der Waals surface area contributed by atoms with E-state index in [0.29, 0.717) is 12.1 Å². The Morgan fingerprint density at radius 1 is 1.33 bits per heavy atom. The normalized spacial score (nSPS) is 21.2. The predicted octanol–water partition coefficient (Wildman–Crippen LogP) is 2.84.